The van der Waals surface area contributed by atoms with Gasteiger partial charge in [0.1, 0.15) is 5.58 Å². The van der Waals surface area contributed by atoms with Crippen molar-refractivity contribution in [2.45, 2.75) is 19.3 Å². The molecular formula is C69H49BN4O. The Morgan fingerprint density at radius 3 is 1.39 bits per heavy atom. The van der Waals surface area contributed by atoms with Crippen molar-refractivity contribution in [3.8, 4) is 11.1 Å². The molecule has 3 heterocycles. The van der Waals surface area contributed by atoms with E-state index in [-0.39, 0.29) is 12.1 Å². The van der Waals surface area contributed by atoms with E-state index in [0.29, 0.717) is 0 Å². The smallest absolute Gasteiger partial charge is 0.252 e. The molecule has 0 bridgehead atoms. The monoisotopic (exact) mass is 960 g/mol. The summed E-state index contributed by atoms with van der Waals surface area (Å²) in [6, 6.07) is 95.2. The van der Waals surface area contributed by atoms with Crippen LogP contribution < -0.4 is 36.0 Å². The van der Waals surface area contributed by atoms with E-state index in [9.17, 15) is 0 Å². The molecule has 0 N–H and O–H groups in total. The summed E-state index contributed by atoms with van der Waals surface area (Å²) < 4.78 is 6.97. The zero-order valence-electron chi connectivity index (χ0n) is 41.6. The standard InChI is InChI=1S/C69H49BN4O/c1-69(2)55-33-17-15-31-54(55)66-56(69)34-20-35-59(66)73-60-36-21-37-61-67(60)70(57-42-40-50(44-63(57)73)71(46-22-7-3-8-23-46)47-24-9-4-10-25-47)58-43-41-51(72(48-26-11-5-12-27-48)49-28-13-6-14-29-49)45-64(58)74(61)62-38-19-32-53-52-30-16-18-39-65(52)75-68(53)62/h3-45H,1-2H3. The van der Waals surface area contributed by atoms with Gasteiger partial charge in [-0.2, -0.15) is 0 Å². The minimum absolute atomic E-state index is 0.129. The van der Waals surface area contributed by atoms with Crippen LogP contribution >= 0.6 is 0 Å². The van der Waals surface area contributed by atoms with Crippen molar-refractivity contribution in [2.75, 3.05) is 19.6 Å². The van der Waals surface area contributed by atoms with E-state index in [0.717, 1.165) is 90.2 Å². The number of fused-ring (bicyclic) bond motifs is 10. The van der Waals surface area contributed by atoms with E-state index >= 15 is 0 Å². The number of para-hydroxylation sites is 6. The normalized spacial score (nSPS) is 13.5. The van der Waals surface area contributed by atoms with Gasteiger partial charge in [-0.15, -0.1) is 0 Å². The number of furan rings is 1. The minimum Gasteiger partial charge on any atom is -0.454 e. The Balaban J connectivity index is 1.04. The van der Waals surface area contributed by atoms with E-state index in [4.69, 9.17) is 4.42 Å². The molecule has 2 aliphatic heterocycles. The van der Waals surface area contributed by atoms with Crippen LogP contribution in [0.2, 0.25) is 0 Å². The summed E-state index contributed by atoms with van der Waals surface area (Å²) in [5.74, 6) is 0. The van der Waals surface area contributed by atoms with Gasteiger partial charge in [0.25, 0.3) is 6.71 Å². The maximum absolute atomic E-state index is 6.97. The molecule has 0 atom stereocenters. The fourth-order valence-electron chi connectivity index (χ4n) is 12.7. The molecule has 0 radical (unpaired) electrons. The lowest BCUT2D eigenvalue weighted by Gasteiger charge is -2.45. The number of hydrogen-bond acceptors (Lipinski definition) is 5. The number of rotatable bonds is 8. The van der Waals surface area contributed by atoms with Crippen LogP contribution in [-0.4, -0.2) is 6.71 Å². The van der Waals surface area contributed by atoms with E-state index in [1.165, 1.54) is 38.6 Å². The number of benzene rings is 11. The summed E-state index contributed by atoms with van der Waals surface area (Å²) in [7, 11) is 0. The molecule has 0 amide bonds. The topological polar surface area (TPSA) is 26.1 Å². The molecule has 6 heteroatoms. The first-order valence-corrected chi connectivity index (χ1v) is 26.0. The van der Waals surface area contributed by atoms with Crippen molar-refractivity contribution >= 4 is 113 Å². The van der Waals surface area contributed by atoms with Crippen molar-refractivity contribution < 1.29 is 4.42 Å². The van der Waals surface area contributed by atoms with Gasteiger partial charge in [0.2, 0.25) is 0 Å². The highest BCUT2D eigenvalue weighted by Gasteiger charge is 2.46. The second-order valence-corrected chi connectivity index (χ2v) is 20.4. The molecule has 15 rings (SSSR count). The molecule has 75 heavy (non-hydrogen) atoms. The molecule has 12 aromatic rings. The number of anilines is 12. The lowest BCUT2D eigenvalue weighted by molar-refractivity contribution is 0.660. The third kappa shape index (κ3) is 6.52. The van der Waals surface area contributed by atoms with Gasteiger partial charge in [0, 0.05) is 78.6 Å². The molecule has 1 aliphatic carbocycles. The predicted octanol–water partition coefficient (Wildman–Crippen LogP) is 16.9. The Morgan fingerprint density at radius 2 is 0.800 bits per heavy atom. The van der Waals surface area contributed by atoms with Crippen LogP contribution in [0.25, 0.3) is 33.1 Å². The second-order valence-electron chi connectivity index (χ2n) is 20.4. The van der Waals surface area contributed by atoms with Crippen LogP contribution in [0.15, 0.2) is 265 Å². The molecule has 0 unspecified atom stereocenters. The Morgan fingerprint density at radius 1 is 0.360 bits per heavy atom. The molecule has 354 valence electrons. The van der Waals surface area contributed by atoms with Crippen LogP contribution in [0, 0.1) is 0 Å². The molecule has 0 spiro atoms. The quantitative estimate of drug-likeness (QED) is 0.141. The van der Waals surface area contributed by atoms with Crippen LogP contribution in [0.4, 0.5) is 68.2 Å². The highest BCUT2D eigenvalue weighted by atomic mass is 16.3. The number of nitrogens with zero attached hydrogens (tertiary/aromatic N) is 4. The summed E-state index contributed by atoms with van der Waals surface area (Å²) in [5.41, 5.74) is 23.6. The van der Waals surface area contributed by atoms with Crippen LogP contribution in [-0.2, 0) is 5.41 Å². The molecule has 11 aromatic carbocycles. The van der Waals surface area contributed by atoms with Gasteiger partial charge in [-0.3, -0.25) is 0 Å². The summed E-state index contributed by atoms with van der Waals surface area (Å²) in [6.07, 6.45) is 0. The number of hydrogen-bond donors (Lipinski definition) is 0. The van der Waals surface area contributed by atoms with Crippen molar-refractivity contribution in [1.29, 1.82) is 0 Å². The van der Waals surface area contributed by atoms with Gasteiger partial charge < -0.3 is 24.0 Å². The zero-order chi connectivity index (χ0) is 49.8. The average molecular weight is 961 g/mol. The first-order valence-electron chi connectivity index (χ1n) is 26.0. The SMILES string of the molecule is CC1(C)c2ccccc2-c2c(N3c4cc(N(c5ccccc5)c5ccccc5)ccc4B4c5ccc(N(c6ccccc6)c6ccccc6)cc5N(c5cccc6c5oc5ccccc56)c5cccc3c54)cccc21. The van der Waals surface area contributed by atoms with Crippen molar-refractivity contribution in [2.24, 2.45) is 0 Å². The Bertz CT molecular complexity index is 4120. The van der Waals surface area contributed by atoms with Crippen LogP contribution in [0.1, 0.15) is 25.0 Å². The Labute approximate surface area is 437 Å². The lowest BCUT2D eigenvalue weighted by atomic mass is 9.33. The Kier molecular flexibility index (Phi) is 9.64. The van der Waals surface area contributed by atoms with Crippen molar-refractivity contribution in [3.63, 3.8) is 0 Å². The molecule has 5 nitrogen and oxygen atoms in total. The fraction of sp³-hybridized carbons (Fsp3) is 0.0435. The fourth-order valence-corrected chi connectivity index (χ4v) is 12.7. The van der Waals surface area contributed by atoms with E-state index < -0.39 is 0 Å². The van der Waals surface area contributed by atoms with Gasteiger partial charge in [0.15, 0.2) is 5.58 Å². The molecule has 3 aliphatic rings. The van der Waals surface area contributed by atoms with Gasteiger partial charge in [-0.25, -0.2) is 0 Å². The third-order valence-corrected chi connectivity index (χ3v) is 16.0. The summed E-state index contributed by atoms with van der Waals surface area (Å²) in [6.45, 7) is 4.62. The van der Waals surface area contributed by atoms with Crippen molar-refractivity contribution in [3.05, 3.63) is 272 Å². The van der Waals surface area contributed by atoms with Gasteiger partial charge in [-0.05, 0) is 136 Å². The second kappa shape index (κ2) is 16.8. The van der Waals surface area contributed by atoms with Gasteiger partial charge in [-0.1, -0.05) is 172 Å². The minimum atomic E-state index is -0.190. The first kappa shape index (κ1) is 43.1. The molecule has 0 saturated carbocycles. The molecule has 0 saturated heterocycles. The largest absolute Gasteiger partial charge is 0.454 e. The van der Waals surface area contributed by atoms with Crippen molar-refractivity contribution in [1.82, 2.24) is 0 Å². The lowest BCUT2D eigenvalue weighted by Crippen LogP contribution is -2.61. The maximum atomic E-state index is 6.97. The zero-order valence-corrected chi connectivity index (χ0v) is 41.6. The Hall–Kier alpha value is -9.52. The van der Waals surface area contributed by atoms with Crippen LogP contribution in [0.5, 0.6) is 0 Å². The van der Waals surface area contributed by atoms with Crippen LogP contribution in [0.3, 0.4) is 0 Å². The van der Waals surface area contributed by atoms with Gasteiger partial charge >= 0.3 is 0 Å². The summed E-state index contributed by atoms with van der Waals surface area (Å²) in [5, 5.41) is 2.19. The molecular weight excluding hydrogens is 912 g/mol. The predicted molar refractivity (Wildman–Crippen MR) is 315 cm³/mol. The van der Waals surface area contributed by atoms with E-state index in [2.05, 4.69) is 294 Å². The molecule has 0 fully saturated rings. The maximum Gasteiger partial charge on any atom is 0.252 e. The summed E-state index contributed by atoms with van der Waals surface area (Å²) >= 11 is 0. The first-order chi connectivity index (χ1) is 37.0. The highest BCUT2D eigenvalue weighted by Crippen LogP contribution is 2.56. The third-order valence-electron chi connectivity index (χ3n) is 16.0. The highest BCUT2D eigenvalue weighted by molar-refractivity contribution is 7.00. The summed E-state index contributed by atoms with van der Waals surface area (Å²) in [4.78, 5) is 9.83. The van der Waals surface area contributed by atoms with E-state index in [1.807, 2.05) is 0 Å². The van der Waals surface area contributed by atoms with Gasteiger partial charge in [0.05, 0.1) is 11.4 Å². The van der Waals surface area contributed by atoms with E-state index in [1.54, 1.807) is 0 Å². The average Bonchev–Trinajstić information content (AvgIpc) is 3.98. The molecule has 1 aromatic heterocycles.